The van der Waals surface area contributed by atoms with Gasteiger partial charge in [-0.2, -0.15) is 0 Å². The number of hydrogen-bond donors (Lipinski definition) is 2. The standard InChI is InChI=1S/C13H16N2O3/c1-2-11-13(18)15(8-12(17)14-11)7-9-3-5-10(16)6-4-9/h3-6,11,16H,2,7-8H2,1H3,(H,14,17). The number of piperazine rings is 1. The first-order valence-electron chi connectivity index (χ1n) is 5.96. The van der Waals surface area contributed by atoms with Gasteiger partial charge in [-0.15, -0.1) is 0 Å². The van der Waals surface area contributed by atoms with Gasteiger partial charge in [0.1, 0.15) is 11.8 Å². The average molecular weight is 248 g/mol. The van der Waals surface area contributed by atoms with Crippen LogP contribution in [0.25, 0.3) is 0 Å². The van der Waals surface area contributed by atoms with E-state index in [0.29, 0.717) is 13.0 Å². The maximum absolute atomic E-state index is 12.0. The van der Waals surface area contributed by atoms with E-state index >= 15 is 0 Å². The van der Waals surface area contributed by atoms with Crippen LogP contribution in [-0.2, 0) is 16.1 Å². The molecule has 96 valence electrons. The molecule has 1 fully saturated rings. The van der Waals surface area contributed by atoms with Crippen molar-refractivity contribution in [1.29, 1.82) is 0 Å². The molecule has 1 unspecified atom stereocenters. The number of benzene rings is 1. The lowest BCUT2D eigenvalue weighted by Crippen LogP contribution is -2.57. The van der Waals surface area contributed by atoms with E-state index in [0.717, 1.165) is 5.56 Å². The molecule has 0 spiro atoms. The molecule has 0 aliphatic carbocycles. The van der Waals surface area contributed by atoms with Gasteiger partial charge in [0.2, 0.25) is 11.8 Å². The predicted octanol–water partition coefficient (Wildman–Crippen LogP) is 0.629. The lowest BCUT2D eigenvalue weighted by atomic mass is 10.1. The van der Waals surface area contributed by atoms with Crippen LogP contribution < -0.4 is 5.32 Å². The fourth-order valence-corrected chi connectivity index (χ4v) is 2.01. The molecule has 2 amide bonds. The van der Waals surface area contributed by atoms with Crippen LogP contribution in [0.2, 0.25) is 0 Å². The van der Waals surface area contributed by atoms with Gasteiger partial charge in [0.05, 0.1) is 6.54 Å². The summed E-state index contributed by atoms with van der Waals surface area (Å²) >= 11 is 0. The third kappa shape index (κ3) is 2.61. The van der Waals surface area contributed by atoms with E-state index < -0.39 is 6.04 Å². The van der Waals surface area contributed by atoms with Gasteiger partial charge in [0, 0.05) is 6.54 Å². The highest BCUT2D eigenvalue weighted by Gasteiger charge is 2.31. The summed E-state index contributed by atoms with van der Waals surface area (Å²) in [4.78, 5) is 25.1. The maximum atomic E-state index is 12.0. The van der Waals surface area contributed by atoms with E-state index in [1.165, 1.54) is 0 Å². The second kappa shape index (κ2) is 5.08. The number of phenols is 1. The molecule has 2 N–H and O–H groups in total. The summed E-state index contributed by atoms with van der Waals surface area (Å²) < 4.78 is 0. The molecule has 1 atom stereocenters. The van der Waals surface area contributed by atoms with E-state index in [4.69, 9.17) is 0 Å². The molecule has 0 aromatic heterocycles. The molecule has 5 nitrogen and oxygen atoms in total. The second-order valence-corrected chi connectivity index (χ2v) is 4.39. The van der Waals surface area contributed by atoms with Crippen LogP contribution in [0.15, 0.2) is 24.3 Å². The summed E-state index contributed by atoms with van der Waals surface area (Å²) in [5.74, 6) is 0.0123. The summed E-state index contributed by atoms with van der Waals surface area (Å²) in [7, 11) is 0. The summed E-state index contributed by atoms with van der Waals surface area (Å²) in [5, 5.41) is 11.9. The van der Waals surface area contributed by atoms with Gasteiger partial charge in [-0.3, -0.25) is 9.59 Å². The Morgan fingerprint density at radius 2 is 2.00 bits per heavy atom. The number of nitrogens with zero attached hydrogens (tertiary/aromatic N) is 1. The zero-order chi connectivity index (χ0) is 13.1. The van der Waals surface area contributed by atoms with Crippen molar-refractivity contribution in [1.82, 2.24) is 10.2 Å². The SMILES string of the molecule is CCC1NC(=O)CN(Cc2ccc(O)cc2)C1=O. The van der Waals surface area contributed by atoms with Gasteiger partial charge in [0.25, 0.3) is 0 Å². The summed E-state index contributed by atoms with van der Waals surface area (Å²) in [5.41, 5.74) is 0.894. The fraction of sp³-hybridized carbons (Fsp3) is 0.385. The zero-order valence-electron chi connectivity index (χ0n) is 10.2. The van der Waals surface area contributed by atoms with Crippen molar-refractivity contribution in [3.63, 3.8) is 0 Å². The van der Waals surface area contributed by atoms with Gasteiger partial charge < -0.3 is 15.3 Å². The van der Waals surface area contributed by atoms with Crippen LogP contribution in [0.4, 0.5) is 0 Å². The number of rotatable bonds is 3. The smallest absolute Gasteiger partial charge is 0.245 e. The van der Waals surface area contributed by atoms with Gasteiger partial charge in [-0.25, -0.2) is 0 Å². The van der Waals surface area contributed by atoms with Gasteiger partial charge in [0.15, 0.2) is 0 Å². The number of hydrogen-bond acceptors (Lipinski definition) is 3. The topological polar surface area (TPSA) is 69.6 Å². The third-order valence-electron chi connectivity index (χ3n) is 3.00. The molecule has 1 aliphatic heterocycles. The average Bonchev–Trinajstić information content (AvgIpc) is 2.36. The monoisotopic (exact) mass is 248 g/mol. The number of aromatic hydroxyl groups is 1. The highest BCUT2D eigenvalue weighted by molar-refractivity contribution is 5.94. The minimum absolute atomic E-state index is 0.0508. The molecule has 1 aromatic rings. The van der Waals surface area contributed by atoms with Crippen LogP contribution in [0.1, 0.15) is 18.9 Å². The Kier molecular flexibility index (Phi) is 3.50. The van der Waals surface area contributed by atoms with Crippen LogP contribution in [0.5, 0.6) is 5.75 Å². The molecule has 1 aliphatic rings. The van der Waals surface area contributed by atoms with Crippen LogP contribution in [0.3, 0.4) is 0 Å². The molecule has 1 saturated heterocycles. The van der Waals surface area contributed by atoms with Crippen LogP contribution in [-0.4, -0.2) is 34.4 Å². The van der Waals surface area contributed by atoms with Gasteiger partial charge >= 0.3 is 0 Å². The van der Waals surface area contributed by atoms with Crippen molar-refractivity contribution in [2.24, 2.45) is 0 Å². The molecular formula is C13H16N2O3. The zero-order valence-corrected chi connectivity index (χ0v) is 10.2. The second-order valence-electron chi connectivity index (χ2n) is 4.39. The molecule has 0 saturated carbocycles. The first-order chi connectivity index (χ1) is 8.60. The molecule has 18 heavy (non-hydrogen) atoms. The quantitative estimate of drug-likeness (QED) is 0.824. The Morgan fingerprint density at radius 3 is 2.61 bits per heavy atom. The summed E-state index contributed by atoms with van der Waals surface area (Å²) in [6.45, 7) is 2.35. The van der Waals surface area contributed by atoms with Crippen molar-refractivity contribution in [2.45, 2.75) is 25.9 Å². The predicted molar refractivity (Wildman–Crippen MR) is 65.7 cm³/mol. The van der Waals surface area contributed by atoms with Crippen molar-refractivity contribution >= 4 is 11.8 Å². The van der Waals surface area contributed by atoms with Crippen molar-refractivity contribution in [3.05, 3.63) is 29.8 Å². The van der Waals surface area contributed by atoms with Crippen LogP contribution >= 0.6 is 0 Å². The van der Waals surface area contributed by atoms with E-state index in [1.807, 2.05) is 6.92 Å². The maximum Gasteiger partial charge on any atom is 0.245 e. The molecular weight excluding hydrogens is 232 g/mol. The van der Waals surface area contributed by atoms with Crippen molar-refractivity contribution in [2.75, 3.05) is 6.54 Å². The Bertz CT molecular complexity index is 456. The number of nitrogens with one attached hydrogen (secondary N) is 1. The van der Waals surface area contributed by atoms with Crippen LogP contribution in [0, 0.1) is 0 Å². The van der Waals surface area contributed by atoms with E-state index in [2.05, 4.69) is 5.32 Å². The summed E-state index contributed by atoms with van der Waals surface area (Å²) in [6, 6.07) is 6.22. The highest BCUT2D eigenvalue weighted by Crippen LogP contribution is 2.14. The van der Waals surface area contributed by atoms with Gasteiger partial charge in [-0.05, 0) is 24.1 Å². The largest absolute Gasteiger partial charge is 0.508 e. The molecule has 2 rings (SSSR count). The highest BCUT2D eigenvalue weighted by atomic mass is 16.3. The lowest BCUT2D eigenvalue weighted by Gasteiger charge is -2.32. The minimum Gasteiger partial charge on any atom is -0.508 e. The Morgan fingerprint density at radius 1 is 1.33 bits per heavy atom. The Hall–Kier alpha value is -2.04. The van der Waals surface area contributed by atoms with Crippen molar-refractivity contribution in [3.8, 4) is 5.75 Å². The molecule has 5 heteroatoms. The Labute approximate surface area is 105 Å². The molecule has 1 heterocycles. The van der Waals surface area contributed by atoms with Crippen molar-refractivity contribution < 1.29 is 14.7 Å². The summed E-state index contributed by atoms with van der Waals surface area (Å²) in [6.07, 6.45) is 0.594. The molecule has 1 aromatic carbocycles. The fourth-order valence-electron chi connectivity index (χ4n) is 2.01. The lowest BCUT2D eigenvalue weighted by molar-refractivity contribution is -0.144. The van der Waals surface area contributed by atoms with Gasteiger partial charge in [-0.1, -0.05) is 19.1 Å². The normalized spacial score (nSPS) is 19.8. The number of amides is 2. The van der Waals surface area contributed by atoms with E-state index in [1.54, 1.807) is 29.2 Å². The molecule has 0 bridgehead atoms. The first kappa shape index (κ1) is 12.4. The molecule has 0 radical (unpaired) electrons. The first-order valence-corrected chi connectivity index (χ1v) is 5.96. The third-order valence-corrected chi connectivity index (χ3v) is 3.00. The number of carbonyl (C=O) groups excluding carboxylic acids is 2. The minimum atomic E-state index is -0.414. The van der Waals surface area contributed by atoms with E-state index in [9.17, 15) is 14.7 Å². The number of phenolic OH excluding ortho intramolecular Hbond substituents is 1. The Balaban J connectivity index is 2.09. The van der Waals surface area contributed by atoms with E-state index in [-0.39, 0.29) is 24.1 Å². The number of carbonyl (C=O) groups is 2.